The lowest BCUT2D eigenvalue weighted by Crippen LogP contribution is -1.83. The zero-order chi connectivity index (χ0) is 9.68. The Hall–Kier alpha value is -1.44. The van der Waals surface area contributed by atoms with Crippen molar-refractivity contribution in [3.63, 3.8) is 0 Å². The number of rotatable bonds is 2. The van der Waals surface area contributed by atoms with Crippen molar-refractivity contribution in [1.82, 2.24) is 4.98 Å². The van der Waals surface area contributed by atoms with Gasteiger partial charge in [0.05, 0.1) is 0 Å². The van der Waals surface area contributed by atoms with Gasteiger partial charge in [0.2, 0.25) is 0 Å². The van der Waals surface area contributed by atoms with Crippen molar-refractivity contribution in [3.05, 3.63) is 30.0 Å². The third-order valence-electron chi connectivity index (χ3n) is 1.90. The molecular weight excluding hydrogens is 160 g/mol. The summed E-state index contributed by atoms with van der Waals surface area (Å²) in [4.78, 5) is 8.40. The van der Waals surface area contributed by atoms with Gasteiger partial charge in [-0.05, 0) is 38.5 Å². The molecule has 0 aliphatic carbocycles. The molecule has 1 aromatic rings. The van der Waals surface area contributed by atoms with Gasteiger partial charge in [0, 0.05) is 18.0 Å². The van der Waals surface area contributed by atoms with E-state index in [0.29, 0.717) is 0 Å². The maximum atomic E-state index is 4.20. The molecule has 1 heterocycles. The molecule has 2 heteroatoms. The van der Waals surface area contributed by atoms with Gasteiger partial charge >= 0.3 is 0 Å². The first-order chi connectivity index (χ1) is 6.29. The molecule has 0 fully saturated rings. The van der Waals surface area contributed by atoms with Crippen molar-refractivity contribution < 1.29 is 0 Å². The van der Waals surface area contributed by atoms with Crippen molar-refractivity contribution in [2.45, 2.75) is 20.8 Å². The van der Waals surface area contributed by atoms with Crippen LogP contribution in [-0.4, -0.2) is 11.2 Å². The molecule has 0 N–H and O–H groups in total. The Balaban J connectivity index is 3.19. The summed E-state index contributed by atoms with van der Waals surface area (Å²) in [5.41, 5.74) is 2.30. The van der Waals surface area contributed by atoms with Crippen molar-refractivity contribution in [2.75, 3.05) is 0 Å². The van der Waals surface area contributed by atoms with Crippen molar-refractivity contribution in [2.24, 2.45) is 4.99 Å². The van der Waals surface area contributed by atoms with E-state index in [4.69, 9.17) is 0 Å². The molecule has 0 radical (unpaired) electrons. The van der Waals surface area contributed by atoms with Crippen molar-refractivity contribution in [3.8, 4) is 0 Å². The maximum absolute atomic E-state index is 4.20. The highest BCUT2D eigenvalue weighted by molar-refractivity contribution is 5.73. The summed E-state index contributed by atoms with van der Waals surface area (Å²) in [5.74, 6) is 0.792. The van der Waals surface area contributed by atoms with Gasteiger partial charge in [-0.2, -0.15) is 0 Å². The monoisotopic (exact) mass is 174 g/mol. The molecule has 0 aliphatic rings. The molecule has 1 aromatic heterocycles. The van der Waals surface area contributed by atoms with Crippen LogP contribution in [-0.2, 0) is 0 Å². The van der Waals surface area contributed by atoms with E-state index < -0.39 is 0 Å². The van der Waals surface area contributed by atoms with Crippen LogP contribution in [0.5, 0.6) is 0 Å². The fraction of sp³-hybridized carbons (Fsp3) is 0.273. The smallest absolute Gasteiger partial charge is 0.159 e. The molecule has 13 heavy (non-hydrogen) atoms. The summed E-state index contributed by atoms with van der Waals surface area (Å²) in [6.45, 7) is 5.97. The largest absolute Gasteiger partial charge is 0.241 e. The fourth-order valence-corrected chi connectivity index (χ4v) is 1.09. The number of allylic oxidation sites excluding steroid dienone is 2. The minimum absolute atomic E-state index is 0.792. The SMILES string of the molecule is C/C=N\c1ncccc1/C(C)=C\C. The van der Waals surface area contributed by atoms with Gasteiger partial charge in [0.15, 0.2) is 5.82 Å². The van der Waals surface area contributed by atoms with Crippen LogP contribution in [0.2, 0.25) is 0 Å². The molecule has 0 amide bonds. The molecule has 2 nitrogen and oxygen atoms in total. The topological polar surface area (TPSA) is 25.2 Å². The Morgan fingerprint density at radius 3 is 2.85 bits per heavy atom. The normalized spacial score (nSPS) is 12.4. The summed E-state index contributed by atoms with van der Waals surface area (Å²) in [5, 5.41) is 0. The highest BCUT2D eigenvalue weighted by atomic mass is 14.9. The first-order valence-corrected chi connectivity index (χ1v) is 4.36. The average molecular weight is 174 g/mol. The van der Waals surface area contributed by atoms with Gasteiger partial charge in [0.1, 0.15) is 0 Å². The summed E-state index contributed by atoms with van der Waals surface area (Å²) >= 11 is 0. The number of nitrogens with zero attached hydrogens (tertiary/aromatic N) is 2. The van der Waals surface area contributed by atoms with E-state index in [0.717, 1.165) is 11.4 Å². The Morgan fingerprint density at radius 2 is 2.23 bits per heavy atom. The standard InChI is InChI=1S/C11H14N2/c1-4-9(3)10-7-6-8-13-11(10)12-5-2/h4-8H,1-3H3/b9-4-,12-5-. The molecule has 68 valence electrons. The summed E-state index contributed by atoms with van der Waals surface area (Å²) in [7, 11) is 0. The quantitative estimate of drug-likeness (QED) is 0.632. The number of aromatic nitrogens is 1. The van der Waals surface area contributed by atoms with Crippen molar-refractivity contribution >= 4 is 17.6 Å². The lowest BCUT2D eigenvalue weighted by molar-refractivity contribution is 1.25. The number of aliphatic imine (C=N–C) groups is 1. The Kier molecular flexibility index (Phi) is 3.38. The molecular formula is C11H14N2. The second-order valence-electron chi connectivity index (χ2n) is 2.73. The van der Waals surface area contributed by atoms with Crippen LogP contribution < -0.4 is 0 Å². The predicted octanol–water partition coefficient (Wildman–Crippen LogP) is 3.23. The van der Waals surface area contributed by atoms with Crippen LogP contribution in [0.1, 0.15) is 26.3 Å². The van der Waals surface area contributed by atoms with E-state index in [-0.39, 0.29) is 0 Å². The van der Waals surface area contributed by atoms with E-state index in [2.05, 4.69) is 23.0 Å². The molecule has 0 saturated carbocycles. The Morgan fingerprint density at radius 1 is 1.46 bits per heavy atom. The lowest BCUT2D eigenvalue weighted by atomic mass is 10.1. The molecule has 1 rings (SSSR count). The van der Waals surface area contributed by atoms with Gasteiger partial charge in [-0.3, -0.25) is 0 Å². The summed E-state index contributed by atoms with van der Waals surface area (Å²) in [6.07, 6.45) is 5.58. The van der Waals surface area contributed by atoms with Crippen LogP contribution in [0.15, 0.2) is 29.4 Å². The summed E-state index contributed by atoms with van der Waals surface area (Å²) in [6, 6.07) is 3.96. The van der Waals surface area contributed by atoms with Crippen LogP contribution in [0.3, 0.4) is 0 Å². The van der Waals surface area contributed by atoms with E-state index in [9.17, 15) is 0 Å². The van der Waals surface area contributed by atoms with Gasteiger partial charge in [-0.1, -0.05) is 6.08 Å². The Labute approximate surface area is 79.0 Å². The highest BCUT2D eigenvalue weighted by Gasteiger charge is 2.01. The number of hydrogen-bond acceptors (Lipinski definition) is 2. The molecule has 0 spiro atoms. The van der Waals surface area contributed by atoms with E-state index in [1.807, 2.05) is 26.0 Å². The lowest BCUT2D eigenvalue weighted by Gasteiger charge is -2.02. The molecule has 0 unspecified atom stereocenters. The zero-order valence-corrected chi connectivity index (χ0v) is 8.28. The van der Waals surface area contributed by atoms with Crippen LogP contribution in [0, 0.1) is 0 Å². The van der Waals surface area contributed by atoms with Crippen LogP contribution in [0.25, 0.3) is 5.57 Å². The minimum atomic E-state index is 0.792. The number of pyridine rings is 1. The predicted molar refractivity (Wildman–Crippen MR) is 57.4 cm³/mol. The van der Waals surface area contributed by atoms with Gasteiger partial charge < -0.3 is 0 Å². The first-order valence-electron chi connectivity index (χ1n) is 4.36. The fourth-order valence-electron chi connectivity index (χ4n) is 1.09. The Bertz CT molecular complexity index is 338. The molecule has 0 bridgehead atoms. The third kappa shape index (κ3) is 2.25. The number of hydrogen-bond donors (Lipinski definition) is 0. The van der Waals surface area contributed by atoms with Crippen molar-refractivity contribution in [1.29, 1.82) is 0 Å². The molecule has 0 aromatic carbocycles. The second kappa shape index (κ2) is 4.55. The highest BCUT2D eigenvalue weighted by Crippen LogP contribution is 2.22. The second-order valence-corrected chi connectivity index (χ2v) is 2.73. The van der Waals surface area contributed by atoms with E-state index in [1.165, 1.54) is 5.57 Å². The molecule has 0 saturated heterocycles. The van der Waals surface area contributed by atoms with Crippen LogP contribution in [0.4, 0.5) is 5.82 Å². The molecule has 0 aliphatic heterocycles. The van der Waals surface area contributed by atoms with E-state index in [1.54, 1.807) is 12.4 Å². The molecule has 0 atom stereocenters. The third-order valence-corrected chi connectivity index (χ3v) is 1.90. The average Bonchev–Trinajstić information content (AvgIpc) is 2.18. The minimum Gasteiger partial charge on any atom is -0.241 e. The first kappa shape index (κ1) is 9.65. The zero-order valence-electron chi connectivity index (χ0n) is 8.28. The van der Waals surface area contributed by atoms with Gasteiger partial charge in [-0.15, -0.1) is 0 Å². The summed E-state index contributed by atoms with van der Waals surface area (Å²) < 4.78 is 0. The van der Waals surface area contributed by atoms with Crippen LogP contribution >= 0.6 is 0 Å². The maximum Gasteiger partial charge on any atom is 0.159 e. The van der Waals surface area contributed by atoms with Gasteiger partial charge in [-0.25, -0.2) is 9.98 Å². The van der Waals surface area contributed by atoms with E-state index >= 15 is 0 Å². The van der Waals surface area contributed by atoms with Gasteiger partial charge in [0.25, 0.3) is 0 Å².